The van der Waals surface area contributed by atoms with Crippen LogP contribution in [0.5, 0.6) is 0 Å². The number of aromatic amines is 1. The first-order valence-electron chi connectivity index (χ1n) is 9.46. The number of imidazole rings is 1. The van der Waals surface area contributed by atoms with E-state index in [1.165, 1.54) is 16.9 Å². The van der Waals surface area contributed by atoms with Crippen molar-refractivity contribution in [1.82, 2.24) is 24.8 Å². The molecule has 3 heterocycles. The minimum Gasteiger partial charge on any atom is -0.356 e. The lowest BCUT2D eigenvalue weighted by atomic mass is 9.97. The van der Waals surface area contributed by atoms with Crippen molar-refractivity contribution in [2.45, 2.75) is 51.5 Å². The lowest BCUT2D eigenvalue weighted by Gasteiger charge is -2.09. The second-order valence-electron chi connectivity index (χ2n) is 6.91. The van der Waals surface area contributed by atoms with Crippen LogP contribution in [-0.4, -0.2) is 32.0 Å². The first kappa shape index (κ1) is 17.9. The van der Waals surface area contributed by atoms with Crippen molar-refractivity contribution >= 4 is 27.5 Å². The number of carbonyl (C=O) groups excluding carboxylic acids is 1. The van der Waals surface area contributed by atoms with Crippen molar-refractivity contribution in [3.05, 3.63) is 45.3 Å². The number of fused-ring (bicyclic) bond motifs is 3. The number of rotatable bonds is 7. The van der Waals surface area contributed by atoms with E-state index < -0.39 is 0 Å². The number of thiophene rings is 1. The number of carbonyl (C=O) groups is 1. The summed E-state index contributed by atoms with van der Waals surface area (Å²) in [5, 5.41) is 3.68. The van der Waals surface area contributed by atoms with E-state index in [1.807, 2.05) is 10.8 Å². The third kappa shape index (κ3) is 4.10. The van der Waals surface area contributed by atoms with Gasteiger partial charge in [0.1, 0.15) is 10.7 Å². The maximum Gasteiger partial charge on any atom is 0.259 e. The van der Waals surface area contributed by atoms with Crippen molar-refractivity contribution in [3.8, 4) is 0 Å². The Morgan fingerprint density at radius 3 is 3.07 bits per heavy atom. The zero-order valence-corrected chi connectivity index (χ0v) is 16.0. The quantitative estimate of drug-likeness (QED) is 0.610. The van der Waals surface area contributed by atoms with Gasteiger partial charge in [-0.05, 0) is 37.7 Å². The smallest absolute Gasteiger partial charge is 0.259 e. The van der Waals surface area contributed by atoms with E-state index in [1.54, 1.807) is 23.9 Å². The third-order valence-electron chi connectivity index (χ3n) is 4.94. The van der Waals surface area contributed by atoms with Crippen LogP contribution in [0.25, 0.3) is 10.2 Å². The zero-order valence-electron chi connectivity index (χ0n) is 15.2. The van der Waals surface area contributed by atoms with Crippen molar-refractivity contribution in [1.29, 1.82) is 0 Å². The molecular formula is C19H23N5O2S. The molecule has 0 aromatic carbocycles. The van der Waals surface area contributed by atoms with Crippen molar-refractivity contribution < 1.29 is 4.79 Å². The van der Waals surface area contributed by atoms with Crippen LogP contribution in [0.1, 0.15) is 41.9 Å². The lowest BCUT2D eigenvalue weighted by molar-refractivity contribution is -0.121. The molecular weight excluding hydrogens is 362 g/mol. The molecule has 27 heavy (non-hydrogen) atoms. The minimum atomic E-state index is -0.0601. The number of H-pyrrole nitrogens is 1. The fourth-order valence-electron chi connectivity index (χ4n) is 3.56. The standard InChI is InChI=1S/C19H23N5O2S/c25-16(21-8-3-10-24-11-9-20-12-24)7-6-15-22-18(26)17-13-4-1-2-5-14(13)27-19(17)23-15/h9,11-12H,1-8,10H2,(H,21,25)(H,22,23,26). The highest BCUT2D eigenvalue weighted by Gasteiger charge is 2.19. The number of amides is 1. The van der Waals surface area contributed by atoms with Gasteiger partial charge in [0.2, 0.25) is 5.91 Å². The van der Waals surface area contributed by atoms with Gasteiger partial charge >= 0.3 is 0 Å². The van der Waals surface area contributed by atoms with Crippen molar-refractivity contribution in [2.75, 3.05) is 6.54 Å². The van der Waals surface area contributed by atoms with E-state index in [0.717, 1.165) is 42.4 Å². The Balaban J connectivity index is 1.32. The molecule has 4 rings (SSSR count). The normalized spacial score (nSPS) is 13.6. The molecule has 0 atom stereocenters. The van der Waals surface area contributed by atoms with Crippen molar-refractivity contribution in [3.63, 3.8) is 0 Å². The van der Waals surface area contributed by atoms with Crippen LogP contribution in [0.2, 0.25) is 0 Å². The molecule has 1 aliphatic rings. The van der Waals surface area contributed by atoms with Crippen LogP contribution >= 0.6 is 11.3 Å². The van der Waals surface area contributed by atoms with E-state index in [2.05, 4.69) is 20.3 Å². The Bertz CT molecular complexity index is 990. The van der Waals surface area contributed by atoms with Crippen LogP contribution in [0.4, 0.5) is 0 Å². The fourth-order valence-corrected chi connectivity index (χ4v) is 4.84. The molecule has 0 fully saturated rings. The SMILES string of the molecule is O=C(CCc1nc2sc3c(c2c(=O)[nH]1)CCCC3)NCCCn1ccnc1. The Labute approximate surface area is 160 Å². The molecule has 1 aliphatic carbocycles. The third-order valence-corrected chi connectivity index (χ3v) is 6.12. The van der Waals surface area contributed by atoms with Gasteiger partial charge in [-0.1, -0.05) is 0 Å². The molecule has 7 nitrogen and oxygen atoms in total. The lowest BCUT2D eigenvalue weighted by Crippen LogP contribution is -2.26. The number of aromatic nitrogens is 4. The predicted octanol–water partition coefficient (Wildman–Crippen LogP) is 2.20. The van der Waals surface area contributed by atoms with Gasteiger partial charge in [-0.2, -0.15) is 0 Å². The molecule has 0 unspecified atom stereocenters. The maximum atomic E-state index is 12.5. The Hall–Kier alpha value is -2.48. The van der Waals surface area contributed by atoms with E-state index in [-0.39, 0.29) is 11.5 Å². The van der Waals surface area contributed by atoms with Gasteiger partial charge in [-0.3, -0.25) is 9.59 Å². The summed E-state index contributed by atoms with van der Waals surface area (Å²) in [4.78, 5) is 38.2. The van der Waals surface area contributed by atoms with Crippen LogP contribution in [-0.2, 0) is 30.6 Å². The van der Waals surface area contributed by atoms with Crippen molar-refractivity contribution in [2.24, 2.45) is 0 Å². The fraction of sp³-hybridized carbons (Fsp3) is 0.474. The summed E-state index contributed by atoms with van der Waals surface area (Å²) >= 11 is 1.64. The highest BCUT2D eigenvalue weighted by atomic mass is 32.1. The predicted molar refractivity (Wildman–Crippen MR) is 105 cm³/mol. The monoisotopic (exact) mass is 385 g/mol. The Kier molecular flexibility index (Phi) is 5.33. The van der Waals surface area contributed by atoms with Crippen LogP contribution in [0.3, 0.4) is 0 Å². The van der Waals surface area contributed by atoms with E-state index in [4.69, 9.17) is 0 Å². The molecule has 0 spiro atoms. The van der Waals surface area contributed by atoms with Crippen LogP contribution in [0, 0.1) is 0 Å². The van der Waals surface area contributed by atoms with Crippen LogP contribution in [0.15, 0.2) is 23.5 Å². The molecule has 3 aromatic rings. The summed E-state index contributed by atoms with van der Waals surface area (Å²) in [5.74, 6) is 0.577. The Morgan fingerprint density at radius 1 is 1.33 bits per heavy atom. The number of aryl methyl sites for hydroxylation is 4. The van der Waals surface area contributed by atoms with Gasteiger partial charge < -0.3 is 14.9 Å². The Morgan fingerprint density at radius 2 is 2.22 bits per heavy atom. The second kappa shape index (κ2) is 8.04. The molecule has 3 aromatic heterocycles. The minimum absolute atomic E-state index is 0.0196. The van der Waals surface area contributed by atoms with Crippen LogP contribution < -0.4 is 10.9 Å². The van der Waals surface area contributed by atoms with E-state index in [0.29, 0.717) is 25.2 Å². The second-order valence-corrected chi connectivity index (χ2v) is 7.99. The number of nitrogens with one attached hydrogen (secondary N) is 2. The summed E-state index contributed by atoms with van der Waals surface area (Å²) in [5.41, 5.74) is 1.13. The molecule has 0 aliphatic heterocycles. The first-order chi connectivity index (χ1) is 13.2. The molecule has 1 amide bonds. The average molecular weight is 385 g/mol. The van der Waals surface area contributed by atoms with Gasteiger partial charge in [0.25, 0.3) is 5.56 Å². The summed E-state index contributed by atoms with van der Waals surface area (Å²) in [6.07, 6.45) is 11.4. The summed E-state index contributed by atoms with van der Waals surface area (Å²) in [6, 6.07) is 0. The largest absolute Gasteiger partial charge is 0.356 e. The molecule has 0 saturated heterocycles. The molecule has 0 saturated carbocycles. The number of nitrogens with zero attached hydrogens (tertiary/aromatic N) is 3. The molecule has 142 valence electrons. The summed E-state index contributed by atoms with van der Waals surface area (Å²) < 4.78 is 1.98. The van der Waals surface area contributed by atoms with Gasteiger partial charge in [-0.15, -0.1) is 11.3 Å². The van der Waals surface area contributed by atoms with E-state index >= 15 is 0 Å². The van der Waals surface area contributed by atoms with Gasteiger partial charge in [0.05, 0.1) is 11.7 Å². The number of hydrogen-bond acceptors (Lipinski definition) is 5. The highest BCUT2D eigenvalue weighted by Crippen LogP contribution is 2.33. The zero-order chi connectivity index (χ0) is 18.6. The first-order valence-corrected chi connectivity index (χ1v) is 10.3. The molecule has 2 N–H and O–H groups in total. The van der Waals surface area contributed by atoms with Gasteiger partial charge in [-0.25, -0.2) is 9.97 Å². The number of hydrogen-bond donors (Lipinski definition) is 2. The molecule has 0 bridgehead atoms. The highest BCUT2D eigenvalue weighted by molar-refractivity contribution is 7.18. The molecule has 0 radical (unpaired) electrons. The summed E-state index contributed by atoms with van der Waals surface area (Å²) in [6.45, 7) is 1.45. The maximum absolute atomic E-state index is 12.5. The van der Waals surface area contributed by atoms with Gasteiger partial charge in [0.15, 0.2) is 0 Å². The van der Waals surface area contributed by atoms with E-state index in [9.17, 15) is 9.59 Å². The topological polar surface area (TPSA) is 92.7 Å². The molecule has 8 heteroatoms. The average Bonchev–Trinajstić information content (AvgIpc) is 3.30. The van der Waals surface area contributed by atoms with Gasteiger partial charge in [0, 0.05) is 43.2 Å². The summed E-state index contributed by atoms with van der Waals surface area (Å²) in [7, 11) is 0.